The highest BCUT2D eigenvalue weighted by Crippen LogP contribution is 2.24. The minimum atomic E-state index is -0.378. The predicted molar refractivity (Wildman–Crippen MR) is 93.1 cm³/mol. The number of hydrogen-bond donors (Lipinski definition) is 1. The van der Waals surface area contributed by atoms with Crippen LogP contribution in [0.4, 0.5) is 0 Å². The van der Waals surface area contributed by atoms with Crippen molar-refractivity contribution in [2.24, 2.45) is 0 Å². The molecule has 0 amide bonds. The zero-order valence-corrected chi connectivity index (χ0v) is 14.9. The second kappa shape index (κ2) is 9.68. The zero-order valence-electron chi connectivity index (χ0n) is 14.9. The predicted octanol–water partition coefficient (Wildman–Crippen LogP) is 3.38. The molecule has 1 heterocycles. The van der Waals surface area contributed by atoms with Crippen LogP contribution in [-0.2, 0) is 16.1 Å². The number of esters is 1. The molecule has 0 saturated carbocycles. The summed E-state index contributed by atoms with van der Waals surface area (Å²) in [5, 5.41) is 7.00. The number of rotatable bonds is 5. The Morgan fingerprint density at radius 3 is 2.52 bits per heavy atom. The van der Waals surface area contributed by atoms with Crippen LogP contribution in [0.25, 0.3) is 0 Å². The van der Waals surface area contributed by atoms with Crippen LogP contribution in [-0.4, -0.2) is 41.3 Å². The van der Waals surface area contributed by atoms with Gasteiger partial charge in [0.2, 0.25) is 0 Å². The van der Waals surface area contributed by atoms with Crippen LogP contribution in [0.5, 0.6) is 0 Å². The van der Waals surface area contributed by atoms with Gasteiger partial charge in [-0.05, 0) is 52.1 Å². The van der Waals surface area contributed by atoms with Crippen molar-refractivity contribution in [1.29, 1.82) is 0 Å². The topological polar surface area (TPSA) is 49.8 Å². The van der Waals surface area contributed by atoms with E-state index in [0.717, 1.165) is 26.6 Å². The lowest BCUT2D eigenvalue weighted by molar-refractivity contribution is -0.155. The Hall–Kier alpha value is -1.39. The monoisotopic (exact) mass is 321 g/mol. The fraction of sp³-hybridized carbons (Fsp3) is 0.632. The molecule has 1 saturated heterocycles. The average molecular weight is 321 g/mol. The van der Waals surface area contributed by atoms with Gasteiger partial charge in [-0.1, -0.05) is 30.3 Å². The quantitative estimate of drug-likeness (QED) is 0.845. The van der Waals surface area contributed by atoms with Crippen LogP contribution in [0.15, 0.2) is 30.3 Å². The number of hydrogen-bond acceptors (Lipinski definition) is 4. The Labute approximate surface area is 140 Å². The maximum absolute atomic E-state index is 11.8. The lowest BCUT2D eigenvalue weighted by Crippen LogP contribution is -2.30. The highest BCUT2D eigenvalue weighted by Gasteiger charge is 2.26. The molecule has 1 unspecified atom stereocenters. The van der Waals surface area contributed by atoms with Gasteiger partial charge in [0.15, 0.2) is 0 Å². The largest absolute Gasteiger partial charge is 0.460 e. The number of carbonyl (C=O) groups excluding carboxylic acids is 1. The molecule has 23 heavy (non-hydrogen) atoms. The Bertz CT molecular complexity index is 453. The summed E-state index contributed by atoms with van der Waals surface area (Å²) in [5.41, 5.74) is 0.970. The maximum atomic E-state index is 11.8. The SMILES string of the molecule is CC(C)(C)OC(=O)CCC1CCCN1Cc1ccccc1.CO. The van der Waals surface area contributed by atoms with Gasteiger partial charge in [-0.2, -0.15) is 0 Å². The molecule has 1 fully saturated rings. The zero-order chi connectivity index (χ0) is 17.3. The van der Waals surface area contributed by atoms with Gasteiger partial charge in [0.25, 0.3) is 0 Å². The highest BCUT2D eigenvalue weighted by atomic mass is 16.6. The Morgan fingerprint density at radius 2 is 1.91 bits per heavy atom. The number of carbonyl (C=O) groups is 1. The van der Waals surface area contributed by atoms with Crippen LogP contribution in [0.2, 0.25) is 0 Å². The van der Waals surface area contributed by atoms with Crippen molar-refractivity contribution in [3.8, 4) is 0 Å². The number of nitrogens with zero attached hydrogens (tertiary/aromatic N) is 1. The van der Waals surface area contributed by atoms with E-state index in [-0.39, 0.29) is 11.6 Å². The number of aliphatic hydroxyl groups excluding tert-OH is 1. The molecule has 0 spiro atoms. The van der Waals surface area contributed by atoms with Crippen LogP contribution in [0, 0.1) is 0 Å². The van der Waals surface area contributed by atoms with E-state index in [9.17, 15) is 4.79 Å². The van der Waals surface area contributed by atoms with Crippen molar-refractivity contribution >= 4 is 5.97 Å². The molecule has 1 atom stereocenters. The van der Waals surface area contributed by atoms with E-state index in [1.165, 1.54) is 18.4 Å². The van der Waals surface area contributed by atoms with Crippen LogP contribution >= 0.6 is 0 Å². The molecule has 1 aromatic rings. The fourth-order valence-electron chi connectivity index (χ4n) is 2.93. The van der Waals surface area contributed by atoms with E-state index in [1.807, 2.05) is 26.8 Å². The number of benzene rings is 1. The van der Waals surface area contributed by atoms with Gasteiger partial charge < -0.3 is 9.84 Å². The third kappa shape index (κ3) is 7.62. The van der Waals surface area contributed by atoms with Gasteiger partial charge in [0.05, 0.1) is 0 Å². The maximum Gasteiger partial charge on any atom is 0.306 e. The van der Waals surface area contributed by atoms with Gasteiger partial charge in [0.1, 0.15) is 5.60 Å². The van der Waals surface area contributed by atoms with Gasteiger partial charge in [-0.25, -0.2) is 0 Å². The minimum absolute atomic E-state index is 0.0749. The summed E-state index contributed by atoms with van der Waals surface area (Å²) in [6.45, 7) is 7.88. The summed E-state index contributed by atoms with van der Waals surface area (Å²) in [5.74, 6) is -0.0749. The molecule has 4 nitrogen and oxygen atoms in total. The molecule has 4 heteroatoms. The Morgan fingerprint density at radius 1 is 1.26 bits per heavy atom. The number of likely N-dealkylation sites (tertiary alicyclic amines) is 1. The summed E-state index contributed by atoms with van der Waals surface area (Å²) in [6.07, 6.45) is 3.84. The number of aliphatic hydroxyl groups is 1. The molecule has 1 aromatic carbocycles. The first kappa shape index (κ1) is 19.7. The summed E-state index contributed by atoms with van der Waals surface area (Å²) >= 11 is 0. The summed E-state index contributed by atoms with van der Waals surface area (Å²) in [6, 6.07) is 11.1. The lowest BCUT2D eigenvalue weighted by atomic mass is 10.1. The molecule has 2 rings (SSSR count). The van der Waals surface area contributed by atoms with E-state index in [2.05, 4.69) is 29.2 Å². The van der Waals surface area contributed by atoms with Crippen molar-refractivity contribution in [2.75, 3.05) is 13.7 Å². The smallest absolute Gasteiger partial charge is 0.306 e. The van der Waals surface area contributed by atoms with E-state index in [4.69, 9.17) is 9.84 Å². The third-order valence-corrected chi connectivity index (χ3v) is 3.83. The molecule has 1 aliphatic rings. The average Bonchev–Trinajstić information content (AvgIpc) is 2.94. The van der Waals surface area contributed by atoms with Crippen LogP contribution < -0.4 is 0 Å². The molecular formula is C19H31NO3. The standard InChI is InChI=1S/C18H27NO2.CH4O/c1-18(2,3)21-17(20)12-11-16-10-7-13-19(16)14-15-8-5-4-6-9-15;1-2/h4-6,8-9,16H,7,10-14H2,1-3H3;2H,1H3. The molecule has 0 aliphatic carbocycles. The van der Waals surface area contributed by atoms with Crippen molar-refractivity contribution in [2.45, 2.75) is 64.6 Å². The van der Waals surface area contributed by atoms with Gasteiger partial charge in [-0.15, -0.1) is 0 Å². The second-order valence-corrected chi connectivity index (χ2v) is 6.88. The molecule has 0 aromatic heterocycles. The van der Waals surface area contributed by atoms with Crippen molar-refractivity contribution < 1.29 is 14.6 Å². The summed E-state index contributed by atoms with van der Waals surface area (Å²) < 4.78 is 5.39. The summed E-state index contributed by atoms with van der Waals surface area (Å²) in [7, 11) is 1.00. The van der Waals surface area contributed by atoms with Crippen molar-refractivity contribution in [3.05, 3.63) is 35.9 Å². The fourth-order valence-corrected chi connectivity index (χ4v) is 2.93. The van der Waals surface area contributed by atoms with Crippen molar-refractivity contribution in [3.63, 3.8) is 0 Å². The Balaban J connectivity index is 0.00000127. The normalized spacial score (nSPS) is 18.2. The van der Waals surface area contributed by atoms with Crippen LogP contribution in [0.3, 0.4) is 0 Å². The molecule has 1 N–H and O–H groups in total. The van der Waals surface area contributed by atoms with Crippen LogP contribution in [0.1, 0.15) is 52.0 Å². The second-order valence-electron chi connectivity index (χ2n) is 6.88. The van der Waals surface area contributed by atoms with Gasteiger partial charge in [-0.3, -0.25) is 9.69 Å². The summed E-state index contributed by atoms with van der Waals surface area (Å²) in [4.78, 5) is 14.3. The highest BCUT2D eigenvalue weighted by molar-refractivity contribution is 5.69. The molecule has 130 valence electrons. The van der Waals surface area contributed by atoms with E-state index in [1.54, 1.807) is 0 Å². The molecule has 0 radical (unpaired) electrons. The first-order valence-corrected chi connectivity index (χ1v) is 8.38. The third-order valence-electron chi connectivity index (χ3n) is 3.83. The first-order chi connectivity index (χ1) is 10.9. The lowest BCUT2D eigenvalue weighted by Gasteiger charge is -2.25. The number of ether oxygens (including phenoxy) is 1. The van der Waals surface area contributed by atoms with Crippen molar-refractivity contribution in [1.82, 2.24) is 4.90 Å². The molecule has 1 aliphatic heterocycles. The van der Waals surface area contributed by atoms with E-state index in [0.29, 0.717) is 12.5 Å². The molecular weight excluding hydrogens is 290 g/mol. The van der Waals surface area contributed by atoms with E-state index < -0.39 is 0 Å². The first-order valence-electron chi connectivity index (χ1n) is 8.38. The van der Waals surface area contributed by atoms with Gasteiger partial charge >= 0.3 is 5.97 Å². The van der Waals surface area contributed by atoms with E-state index >= 15 is 0 Å². The van der Waals surface area contributed by atoms with Gasteiger partial charge in [0, 0.05) is 26.1 Å². The Kier molecular flexibility index (Phi) is 8.28. The molecule has 0 bridgehead atoms. The minimum Gasteiger partial charge on any atom is -0.460 e.